The van der Waals surface area contributed by atoms with E-state index in [1.54, 1.807) is 13.2 Å². The lowest BCUT2D eigenvalue weighted by Crippen LogP contribution is -2.35. The van der Waals surface area contributed by atoms with Crippen LogP contribution in [-0.4, -0.2) is 47.1 Å². The molecule has 0 bridgehead atoms. The van der Waals surface area contributed by atoms with Crippen molar-refractivity contribution in [2.75, 3.05) is 26.7 Å². The van der Waals surface area contributed by atoms with Crippen molar-refractivity contribution < 1.29 is 13.9 Å². The number of carbonyl (C=O) groups excluding carboxylic acids is 1. The van der Waals surface area contributed by atoms with Crippen LogP contribution in [-0.2, 0) is 6.42 Å². The zero-order valence-electron chi connectivity index (χ0n) is 18.5. The van der Waals surface area contributed by atoms with E-state index in [0.717, 1.165) is 72.2 Å². The second-order valence-corrected chi connectivity index (χ2v) is 8.51. The van der Waals surface area contributed by atoms with Crippen molar-refractivity contribution in [1.82, 2.24) is 14.5 Å². The Morgan fingerprint density at radius 2 is 2.03 bits per heavy atom. The molecule has 1 saturated heterocycles. The Labute approximate surface area is 186 Å². The van der Waals surface area contributed by atoms with E-state index in [1.165, 1.54) is 0 Å². The van der Waals surface area contributed by atoms with E-state index in [2.05, 4.69) is 26.7 Å². The molecule has 166 valence electrons. The van der Waals surface area contributed by atoms with Gasteiger partial charge in [-0.15, -0.1) is 0 Å². The molecule has 1 aliphatic rings. The molecule has 1 fully saturated rings. The maximum Gasteiger partial charge on any atom is 0.248 e. The quantitative estimate of drug-likeness (QED) is 0.496. The van der Waals surface area contributed by atoms with Crippen molar-refractivity contribution >= 4 is 27.9 Å². The summed E-state index contributed by atoms with van der Waals surface area (Å²) in [6.07, 6.45) is 5.11. The Kier molecular flexibility index (Phi) is 5.35. The molecule has 0 unspecified atom stereocenters. The normalized spacial score (nSPS) is 15.6. The Morgan fingerprint density at radius 1 is 1.22 bits per heavy atom. The number of aryl methyl sites for hydroxylation is 1. The van der Waals surface area contributed by atoms with Gasteiger partial charge in [-0.1, -0.05) is 6.07 Å². The number of piperidine rings is 1. The largest absolute Gasteiger partial charge is 0.496 e. The number of methoxy groups -OCH3 is 1. The SMILES string of the molecule is COc1ccc2nc(C)oc2c1CCN1CCC(n2ccc3ccc(C(N)=O)cc32)CC1. The number of aromatic nitrogens is 2. The maximum atomic E-state index is 11.6. The second-order valence-electron chi connectivity index (χ2n) is 8.51. The highest BCUT2D eigenvalue weighted by atomic mass is 16.5. The van der Waals surface area contributed by atoms with Gasteiger partial charge < -0.3 is 24.4 Å². The summed E-state index contributed by atoms with van der Waals surface area (Å²) in [6, 6.07) is 12.1. The molecular weight excluding hydrogens is 404 g/mol. The average molecular weight is 433 g/mol. The standard InChI is InChI=1S/C25H28N4O3/c1-16-27-21-5-6-23(31-2)20(24(21)32-16)10-13-28-11-8-19(9-12-28)29-14-7-17-3-4-18(25(26)30)15-22(17)29/h3-7,14-15,19H,8-13H2,1-2H3,(H2,26,30). The Bertz CT molecular complexity index is 1280. The van der Waals surface area contributed by atoms with E-state index in [1.807, 2.05) is 31.2 Å². The number of hydrogen-bond acceptors (Lipinski definition) is 5. The molecule has 0 atom stereocenters. The molecule has 0 aliphatic carbocycles. The Balaban J connectivity index is 1.27. The van der Waals surface area contributed by atoms with Crippen molar-refractivity contribution in [3.63, 3.8) is 0 Å². The lowest BCUT2D eigenvalue weighted by molar-refractivity contribution is 0.100. The first-order valence-electron chi connectivity index (χ1n) is 11.1. The van der Waals surface area contributed by atoms with Gasteiger partial charge in [0.1, 0.15) is 11.3 Å². The van der Waals surface area contributed by atoms with Crippen LogP contribution in [0.1, 0.15) is 40.7 Å². The summed E-state index contributed by atoms with van der Waals surface area (Å²) in [5.74, 6) is 1.14. The fourth-order valence-corrected chi connectivity index (χ4v) is 4.88. The van der Waals surface area contributed by atoms with Crippen molar-refractivity contribution in [2.45, 2.75) is 32.2 Å². The van der Waals surface area contributed by atoms with E-state index in [0.29, 0.717) is 17.5 Å². The number of hydrogen-bond donors (Lipinski definition) is 1. The van der Waals surface area contributed by atoms with E-state index in [-0.39, 0.29) is 5.91 Å². The van der Waals surface area contributed by atoms with Gasteiger partial charge in [0.05, 0.1) is 7.11 Å². The van der Waals surface area contributed by atoms with Crippen LogP contribution in [0.3, 0.4) is 0 Å². The highest BCUT2D eigenvalue weighted by Gasteiger charge is 2.23. The summed E-state index contributed by atoms with van der Waals surface area (Å²) in [5, 5.41) is 1.14. The molecule has 1 amide bonds. The van der Waals surface area contributed by atoms with Gasteiger partial charge in [-0.2, -0.15) is 0 Å². The number of primary amides is 1. The predicted octanol–water partition coefficient (Wildman–Crippen LogP) is 4.08. The first-order valence-corrected chi connectivity index (χ1v) is 11.1. The lowest BCUT2D eigenvalue weighted by atomic mass is 10.0. The molecule has 3 heterocycles. The molecule has 2 aromatic carbocycles. The Hall–Kier alpha value is -3.32. The number of oxazole rings is 1. The molecule has 5 rings (SSSR count). The zero-order chi connectivity index (χ0) is 22.2. The minimum atomic E-state index is -0.387. The molecular formula is C25H28N4O3. The summed E-state index contributed by atoms with van der Waals surface area (Å²) < 4.78 is 13.8. The molecule has 1 aliphatic heterocycles. The molecule has 32 heavy (non-hydrogen) atoms. The third kappa shape index (κ3) is 3.73. The van der Waals surface area contributed by atoms with Gasteiger partial charge >= 0.3 is 0 Å². The number of carbonyl (C=O) groups is 1. The maximum absolute atomic E-state index is 11.6. The molecule has 2 N–H and O–H groups in total. The summed E-state index contributed by atoms with van der Waals surface area (Å²) in [5.41, 5.74) is 9.92. The molecule has 4 aromatic rings. The van der Waals surface area contributed by atoms with Crippen LogP contribution in [0.15, 0.2) is 47.0 Å². The van der Waals surface area contributed by atoms with Gasteiger partial charge in [-0.25, -0.2) is 4.98 Å². The van der Waals surface area contributed by atoms with Crippen molar-refractivity contribution in [1.29, 1.82) is 0 Å². The van der Waals surface area contributed by atoms with Gasteiger partial charge in [0.25, 0.3) is 0 Å². The second kappa shape index (κ2) is 8.31. The number of fused-ring (bicyclic) bond motifs is 2. The fourth-order valence-electron chi connectivity index (χ4n) is 4.88. The number of likely N-dealkylation sites (tertiary alicyclic amines) is 1. The molecule has 7 heteroatoms. The third-order valence-electron chi connectivity index (χ3n) is 6.58. The highest BCUT2D eigenvalue weighted by Crippen LogP contribution is 2.31. The predicted molar refractivity (Wildman–Crippen MR) is 124 cm³/mol. The van der Waals surface area contributed by atoms with Crippen LogP contribution < -0.4 is 10.5 Å². The van der Waals surface area contributed by atoms with Crippen LogP contribution in [0.25, 0.3) is 22.0 Å². The smallest absolute Gasteiger partial charge is 0.248 e. The van der Waals surface area contributed by atoms with Crippen molar-refractivity contribution in [3.05, 3.63) is 59.6 Å². The van der Waals surface area contributed by atoms with Crippen LogP contribution in [0.4, 0.5) is 0 Å². The lowest BCUT2D eigenvalue weighted by Gasteiger charge is -2.33. The summed E-state index contributed by atoms with van der Waals surface area (Å²) in [4.78, 5) is 18.6. The minimum Gasteiger partial charge on any atom is -0.496 e. The van der Waals surface area contributed by atoms with Crippen molar-refractivity contribution in [3.8, 4) is 5.75 Å². The van der Waals surface area contributed by atoms with E-state index in [4.69, 9.17) is 14.9 Å². The first kappa shape index (κ1) is 20.6. The molecule has 0 spiro atoms. The molecule has 7 nitrogen and oxygen atoms in total. The monoisotopic (exact) mass is 432 g/mol. The van der Waals surface area contributed by atoms with Crippen LogP contribution in [0.2, 0.25) is 0 Å². The number of benzene rings is 2. The number of amides is 1. The summed E-state index contributed by atoms with van der Waals surface area (Å²) >= 11 is 0. The van der Waals surface area contributed by atoms with Gasteiger partial charge in [-0.05, 0) is 55.0 Å². The average Bonchev–Trinajstić information content (AvgIpc) is 3.40. The number of rotatable bonds is 6. The molecule has 2 aromatic heterocycles. The van der Waals surface area contributed by atoms with Gasteiger partial charge in [0.15, 0.2) is 11.5 Å². The van der Waals surface area contributed by atoms with Gasteiger partial charge in [0.2, 0.25) is 5.91 Å². The van der Waals surface area contributed by atoms with Crippen LogP contribution in [0.5, 0.6) is 5.75 Å². The van der Waals surface area contributed by atoms with Crippen molar-refractivity contribution in [2.24, 2.45) is 5.73 Å². The molecule has 0 radical (unpaired) electrons. The highest BCUT2D eigenvalue weighted by molar-refractivity contribution is 5.97. The number of nitrogens with two attached hydrogens (primary N) is 1. The van der Waals surface area contributed by atoms with Gasteiger partial charge in [0, 0.05) is 55.4 Å². The topological polar surface area (TPSA) is 86.5 Å². The third-order valence-corrected chi connectivity index (χ3v) is 6.58. The molecule has 0 saturated carbocycles. The Morgan fingerprint density at radius 3 is 2.78 bits per heavy atom. The minimum absolute atomic E-state index is 0.387. The first-order chi connectivity index (χ1) is 15.5. The summed E-state index contributed by atoms with van der Waals surface area (Å²) in [7, 11) is 1.70. The van der Waals surface area contributed by atoms with E-state index in [9.17, 15) is 4.79 Å². The summed E-state index contributed by atoms with van der Waals surface area (Å²) in [6.45, 7) is 4.86. The van der Waals surface area contributed by atoms with E-state index < -0.39 is 0 Å². The van der Waals surface area contributed by atoms with Crippen LogP contribution in [0, 0.1) is 6.92 Å². The van der Waals surface area contributed by atoms with Crippen LogP contribution >= 0.6 is 0 Å². The van der Waals surface area contributed by atoms with Gasteiger partial charge in [-0.3, -0.25) is 4.79 Å². The zero-order valence-corrected chi connectivity index (χ0v) is 18.5. The number of ether oxygens (including phenoxy) is 1. The number of nitrogens with zero attached hydrogens (tertiary/aromatic N) is 3. The van der Waals surface area contributed by atoms with E-state index >= 15 is 0 Å². The fraction of sp³-hybridized carbons (Fsp3) is 0.360.